The molecule has 1 aromatic rings. The summed E-state index contributed by atoms with van der Waals surface area (Å²) in [5.41, 5.74) is 5.91. The SMILES string of the molecule is CCS(=O)(=O)c1ccccc1NC(=O)CCC(C)N. The van der Waals surface area contributed by atoms with Crippen molar-refractivity contribution in [2.75, 3.05) is 11.1 Å². The first-order chi connectivity index (χ1) is 8.86. The molecule has 0 aliphatic carbocycles. The van der Waals surface area contributed by atoms with Crippen molar-refractivity contribution in [2.24, 2.45) is 5.73 Å². The predicted octanol–water partition coefficient (Wildman–Crippen LogP) is 1.55. The second-order valence-electron chi connectivity index (χ2n) is 4.46. The molecule has 1 rings (SSSR count). The number of anilines is 1. The third kappa shape index (κ3) is 4.65. The van der Waals surface area contributed by atoms with Crippen LogP contribution in [0.5, 0.6) is 0 Å². The van der Waals surface area contributed by atoms with Gasteiger partial charge in [-0.15, -0.1) is 0 Å². The van der Waals surface area contributed by atoms with E-state index in [1.165, 1.54) is 6.07 Å². The van der Waals surface area contributed by atoms with Gasteiger partial charge in [0.05, 0.1) is 16.3 Å². The fraction of sp³-hybridized carbons (Fsp3) is 0.462. The summed E-state index contributed by atoms with van der Waals surface area (Å²) in [5.74, 6) is -0.226. The minimum atomic E-state index is -3.35. The van der Waals surface area contributed by atoms with Crippen molar-refractivity contribution in [2.45, 2.75) is 37.6 Å². The van der Waals surface area contributed by atoms with Gasteiger partial charge in [0, 0.05) is 12.5 Å². The minimum absolute atomic E-state index is 0.000280. The molecule has 0 radical (unpaired) electrons. The lowest BCUT2D eigenvalue weighted by atomic mass is 10.2. The third-order valence-corrected chi connectivity index (χ3v) is 4.49. The topological polar surface area (TPSA) is 89.3 Å². The predicted molar refractivity (Wildman–Crippen MR) is 75.7 cm³/mol. The van der Waals surface area contributed by atoms with Crippen LogP contribution in [0.15, 0.2) is 29.2 Å². The maximum absolute atomic E-state index is 11.9. The molecule has 1 atom stereocenters. The molecule has 0 aliphatic heterocycles. The van der Waals surface area contributed by atoms with Crippen molar-refractivity contribution in [1.29, 1.82) is 0 Å². The summed E-state index contributed by atoms with van der Waals surface area (Å²) in [5, 5.41) is 2.63. The number of carbonyl (C=O) groups is 1. The molecule has 3 N–H and O–H groups in total. The number of carbonyl (C=O) groups excluding carboxylic acids is 1. The third-order valence-electron chi connectivity index (χ3n) is 2.70. The van der Waals surface area contributed by atoms with Crippen molar-refractivity contribution in [1.82, 2.24) is 0 Å². The van der Waals surface area contributed by atoms with E-state index < -0.39 is 9.84 Å². The van der Waals surface area contributed by atoms with Gasteiger partial charge in [-0.3, -0.25) is 4.79 Å². The molecule has 0 saturated heterocycles. The van der Waals surface area contributed by atoms with Crippen LogP contribution in [-0.4, -0.2) is 26.1 Å². The first-order valence-electron chi connectivity index (χ1n) is 6.24. The summed E-state index contributed by atoms with van der Waals surface area (Å²) in [6, 6.07) is 6.36. The second-order valence-corrected chi connectivity index (χ2v) is 6.71. The molecule has 1 aromatic carbocycles. The van der Waals surface area contributed by atoms with Crippen LogP contribution >= 0.6 is 0 Å². The molecule has 6 heteroatoms. The quantitative estimate of drug-likeness (QED) is 0.829. The number of rotatable bonds is 6. The molecule has 106 valence electrons. The highest BCUT2D eigenvalue weighted by Crippen LogP contribution is 2.22. The maximum Gasteiger partial charge on any atom is 0.224 e. The Labute approximate surface area is 114 Å². The van der Waals surface area contributed by atoms with E-state index in [1.54, 1.807) is 25.1 Å². The van der Waals surface area contributed by atoms with Gasteiger partial charge in [0.15, 0.2) is 9.84 Å². The van der Waals surface area contributed by atoms with Gasteiger partial charge >= 0.3 is 0 Å². The molecular weight excluding hydrogens is 264 g/mol. The van der Waals surface area contributed by atoms with E-state index in [0.29, 0.717) is 12.1 Å². The number of hydrogen-bond acceptors (Lipinski definition) is 4. The zero-order chi connectivity index (χ0) is 14.5. The Morgan fingerprint density at radius 2 is 2.00 bits per heavy atom. The number of para-hydroxylation sites is 1. The maximum atomic E-state index is 11.9. The molecule has 1 amide bonds. The monoisotopic (exact) mass is 284 g/mol. The van der Waals surface area contributed by atoms with Crippen LogP contribution in [0.2, 0.25) is 0 Å². The number of nitrogens with two attached hydrogens (primary N) is 1. The summed E-state index contributed by atoms with van der Waals surface area (Å²) in [4.78, 5) is 11.9. The van der Waals surface area contributed by atoms with E-state index in [4.69, 9.17) is 5.73 Å². The molecule has 0 spiro atoms. The Hall–Kier alpha value is -1.40. The Kier molecular flexibility index (Phi) is 5.50. The molecule has 0 fully saturated rings. The highest BCUT2D eigenvalue weighted by Gasteiger charge is 2.17. The molecule has 0 saturated carbocycles. The van der Waals surface area contributed by atoms with Gasteiger partial charge in [0.25, 0.3) is 0 Å². The molecule has 0 aliphatic rings. The molecule has 1 unspecified atom stereocenters. The van der Waals surface area contributed by atoms with Crippen molar-refractivity contribution >= 4 is 21.4 Å². The normalized spacial score (nSPS) is 13.0. The van der Waals surface area contributed by atoms with Crippen LogP contribution in [0.1, 0.15) is 26.7 Å². The Morgan fingerprint density at radius 3 is 2.58 bits per heavy atom. The van der Waals surface area contributed by atoms with Crippen molar-refractivity contribution in [3.05, 3.63) is 24.3 Å². The second kappa shape index (κ2) is 6.68. The number of nitrogens with one attached hydrogen (secondary N) is 1. The summed E-state index contributed by atoms with van der Waals surface area (Å²) < 4.78 is 23.8. The number of benzene rings is 1. The van der Waals surface area contributed by atoms with Gasteiger partial charge in [-0.05, 0) is 25.5 Å². The Morgan fingerprint density at radius 1 is 1.37 bits per heavy atom. The molecule has 0 bridgehead atoms. The van der Waals surface area contributed by atoms with Crippen LogP contribution in [0, 0.1) is 0 Å². The van der Waals surface area contributed by atoms with Gasteiger partial charge in [-0.1, -0.05) is 19.1 Å². The van der Waals surface area contributed by atoms with E-state index in [0.717, 1.165) is 0 Å². The lowest BCUT2D eigenvalue weighted by Crippen LogP contribution is -2.20. The van der Waals surface area contributed by atoms with Crippen LogP contribution < -0.4 is 11.1 Å². The zero-order valence-corrected chi connectivity index (χ0v) is 12.0. The van der Waals surface area contributed by atoms with E-state index in [1.807, 2.05) is 6.92 Å². The summed E-state index contributed by atoms with van der Waals surface area (Å²) in [7, 11) is -3.35. The van der Waals surface area contributed by atoms with Crippen LogP contribution in [-0.2, 0) is 14.6 Å². The van der Waals surface area contributed by atoms with Crippen LogP contribution in [0.4, 0.5) is 5.69 Å². The van der Waals surface area contributed by atoms with Gasteiger partial charge in [-0.25, -0.2) is 8.42 Å². The lowest BCUT2D eigenvalue weighted by Gasteiger charge is -2.11. The summed E-state index contributed by atoms with van der Waals surface area (Å²) in [6.07, 6.45) is 0.840. The number of sulfone groups is 1. The van der Waals surface area contributed by atoms with Crippen LogP contribution in [0.25, 0.3) is 0 Å². The molecule has 0 heterocycles. The summed E-state index contributed by atoms with van der Waals surface area (Å²) >= 11 is 0. The number of amides is 1. The van der Waals surface area contributed by atoms with Gasteiger partial charge in [0.1, 0.15) is 0 Å². The fourth-order valence-electron chi connectivity index (χ4n) is 1.57. The smallest absolute Gasteiger partial charge is 0.224 e. The van der Waals surface area contributed by atoms with E-state index in [9.17, 15) is 13.2 Å². The first-order valence-corrected chi connectivity index (χ1v) is 7.89. The van der Waals surface area contributed by atoms with E-state index in [2.05, 4.69) is 5.32 Å². The summed E-state index contributed by atoms with van der Waals surface area (Å²) in [6.45, 7) is 3.40. The van der Waals surface area contributed by atoms with Crippen molar-refractivity contribution < 1.29 is 13.2 Å². The minimum Gasteiger partial charge on any atom is -0.328 e. The van der Waals surface area contributed by atoms with Crippen molar-refractivity contribution in [3.63, 3.8) is 0 Å². The standard InChI is InChI=1S/C13H20N2O3S/c1-3-19(17,18)12-7-5-4-6-11(12)15-13(16)9-8-10(2)14/h4-7,10H,3,8-9,14H2,1-2H3,(H,15,16). The number of hydrogen-bond donors (Lipinski definition) is 2. The molecule has 5 nitrogen and oxygen atoms in total. The van der Waals surface area contributed by atoms with Crippen molar-refractivity contribution in [3.8, 4) is 0 Å². The molecular formula is C13H20N2O3S. The highest BCUT2D eigenvalue weighted by atomic mass is 32.2. The van der Waals surface area contributed by atoms with Gasteiger partial charge in [-0.2, -0.15) is 0 Å². The average Bonchev–Trinajstić information content (AvgIpc) is 2.37. The Balaban J connectivity index is 2.88. The average molecular weight is 284 g/mol. The zero-order valence-electron chi connectivity index (χ0n) is 11.2. The molecule has 19 heavy (non-hydrogen) atoms. The van der Waals surface area contributed by atoms with E-state index in [-0.39, 0.29) is 29.0 Å². The van der Waals surface area contributed by atoms with Gasteiger partial charge < -0.3 is 11.1 Å². The fourth-order valence-corrected chi connectivity index (χ4v) is 2.62. The highest BCUT2D eigenvalue weighted by molar-refractivity contribution is 7.91. The molecule has 0 aromatic heterocycles. The first kappa shape index (κ1) is 15.7. The Bertz CT molecular complexity index is 539. The van der Waals surface area contributed by atoms with Crippen LogP contribution in [0.3, 0.4) is 0 Å². The van der Waals surface area contributed by atoms with E-state index >= 15 is 0 Å². The lowest BCUT2D eigenvalue weighted by molar-refractivity contribution is -0.116. The largest absolute Gasteiger partial charge is 0.328 e. The van der Waals surface area contributed by atoms with Gasteiger partial charge in [0.2, 0.25) is 5.91 Å².